The molecule has 7 atom stereocenters. The molecule has 2 saturated carbocycles. The topological polar surface area (TPSA) is 67.9 Å². The molecule has 1 N–H and O–H groups in total. The van der Waals surface area contributed by atoms with E-state index in [-0.39, 0.29) is 28.6 Å². The molecule has 5 aliphatic rings. The van der Waals surface area contributed by atoms with E-state index in [1.165, 1.54) is 11.1 Å². The lowest BCUT2D eigenvalue weighted by molar-refractivity contribution is 0.0131. The second-order valence-corrected chi connectivity index (χ2v) is 16.7. The Bertz CT molecular complexity index is 1570. The van der Waals surface area contributed by atoms with Crippen molar-refractivity contribution < 1.29 is 18.5 Å². The average Bonchev–Trinajstić information content (AvgIpc) is 3.82. The number of methoxy groups -OCH3 is 1. The van der Waals surface area contributed by atoms with Crippen LogP contribution in [0.1, 0.15) is 73.4 Å². The molecule has 0 aromatic heterocycles. The van der Waals surface area contributed by atoms with Crippen LogP contribution in [0.25, 0.3) is 0 Å². The number of anilines is 1. The Hall–Kier alpha value is -2.48. The van der Waals surface area contributed by atoms with Gasteiger partial charge in [0, 0.05) is 36.2 Å². The van der Waals surface area contributed by atoms with Crippen LogP contribution in [0.2, 0.25) is 5.02 Å². The maximum atomic E-state index is 14.1. The summed E-state index contributed by atoms with van der Waals surface area (Å²) >= 11 is 6.44. The molecule has 7 rings (SSSR count). The van der Waals surface area contributed by atoms with Crippen LogP contribution in [0.15, 0.2) is 48.6 Å². The number of allylic oxidation sites excluding steroid dienone is 1. The van der Waals surface area contributed by atoms with Gasteiger partial charge in [-0.1, -0.05) is 36.7 Å². The molecule has 44 heavy (non-hydrogen) atoms. The number of nitrogens with zero attached hydrogens (tertiary/aromatic N) is 1. The summed E-state index contributed by atoms with van der Waals surface area (Å²) in [5, 5.41) is 0.609. The summed E-state index contributed by atoms with van der Waals surface area (Å²) in [7, 11) is -1.07. The molecule has 6 nitrogen and oxygen atoms in total. The predicted molar refractivity (Wildman–Crippen MR) is 179 cm³/mol. The average molecular weight is 637 g/mol. The zero-order chi connectivity index (χ0) is 30.6. The van der Waals surface area contributed by atoms with Gasteiger partial charge in [-0.3, -0.25) is 9.52 Å². The van der Waals surface area contributed by atoms with E-state index in [0.29, 0.717) is 29.9 Å². The van der Waals surface area contributed by atoms with Gasteiger partial charge >= 0.3 is 0 Å². The van der Waals surface area contributed by atoms with Crippen molar-refractivity contribution in [3.63, 3.8) is 0 Å². The highest BCUT2D eigenvalue weighted by atomic mass is 35.5. The molecule has 2 aliphatic heterocycles. The molecule has 0 saturated heterocycles. The number of aryl methyl sites for hydroxylation is 1. The number of carbonyl (C=O) groups is 1. The van der Waals surface area contributed by atoms with Gasteiger partial charge in [-0.25, -0.2) is 4.21 Å². The molecule has 2 bridgehead atoms. The zero-order valence-electron chi connectivity index (χ0n) is 25.9. The summed E-state index contributed by atoms with van der Waals surface area (Å²) in [6, 6.07) is 12.0. The van der Waals surface area contributed by atoms with Crippen LogP contribution in [-0.2, 0) is 26.3 Å². The summed E-state index contributed by atoms with van der Waals surface area (Å²) in [6.45, 7) is 4.37. The Morgan fingerprint density at radius 2 is 1.95 bits per heavy atom. The molecule has 1 amide bonds. The summed E-state index contributed by atoms with van der Waals surface area (Å²) in [6.07, 6.45) is 12.7. The molecular weight excluding hydrogens is 592 g/mol. The van der Waals surface area contributed by atoms with Gasteiger partial charge in [0.2, 0.25) is 0 Å². The maximum absolute atomic E-state index is 14.1. The van der Waals surface area contributed by atoms with E-state index in [2.05, 4.69) is 46.7 Å². The van der Waals surface area contributed by atoms with Crippen LogP contribution in [0.5, 0.6) is 5.75 Å². The number of benzene rings is 2. The first-order valence-electron chi connectivity index (χ1n) is 16.4. The fourth-order valence-electron chi connectivity index (χ4n) is 8.61. The van der Waals surface area contributed by atoms with Gasteiger partial charge in [0.25, 0.3) is 5.91 Å². The zero-order valence-corrected chi connectivity index (χ0v) is 27.5. The number of hydrogen-bond acceptors (Lipinski definition) is 5. The van der Waals surface area contributed by atoms with Crippen molar-refractivity contribution in [2.24, 2.45) is 23.7 Å². The van der Waals surface area contributed by atoms with Crippen molar-refractivity contribution >= 4 is 38.8 Å². The molecule has 1 unspecified atom stereocenters. The van der Waals surface area contributed by atoms with Crippen LogP contribution in [0.4, 0.5) is 5.69 Å². The number of amides is 1. The van der Waals surface area contributed by atoms with Gasteiger partial charge in [-0.2, -0.15) is 0 Å². The lowest BCUT2D eigenvalue weighted by Crippen LogP contribution is -2.49. The first kappa shape index (κ1) is 30.2. The standard InChI is InChI=1S/C36H45ClN2O4S/c1-23-6-4-8-32(42-2)29-14-11-27(29)20-39-21-36(17-5-7-25-18-28(37)13-15-30(25)36)22-43-33-16-12-26(19-31(33)39)35(40)38-44(3,41)34(23)24-9-10-24/h4,8,12-13,15-16,18-19,23-24,27,29,32,34H,3,5-7,9-11,14,17,20-22H2,1-2H3,(H,38,40,41)/b8-4+/t23-,27+,29-,32+,34-,36+,44?/m1/s1. The van der Waals surface area contributed by atoms with Crippen LogP contribution >= 0.6 is 11.6 Å². The normalized spacial score (nSPS) is 36.2. The van der Waals surface area contributed by atoms with E-state index in [1.807, 2.05) is 31.4 Å². The number of nitrogens with one attached hydrogen (secondary N) is 1. The second-order valence-electron chi connectivity index (χ2n) is 14.1. The third-order valence-corrected chi connectivity index (χ3v) is 13.6. The maximum Gasteiger partial charge on any atom is 0.262 e. The smallest absolute Gasteiger partial charge is 0.262 e. The monoisotopic (exact) mass is 636 g/mol. The minimum absolute atomic E-state index is 0.0394. The third kappa shape index (κ3) is 5.58. The number of rotatable bonds is 2. The quantitative estimate of drug-likeness (QED) is 0.298. The molecule has 0 radical (unpaired) electrons. The molecule has 2 fully saturated rings. The van der Waals surface area contributed by atoms with E-state index < -0.39 is 9.71 Å². The Balaban J connectivity index is 1.30. The first-order chi connectivity index (χ1) is 21.2. The summed E-state index contributed by atoms with van der Waals surface area (Å²) in [5.74, 6) is 5.95. The van der Waals surface area contributed by atoms with Gasteiger partial charge in [-0.05, 0) is 122 Å². The SMILES string of the molecule is C=S1(=O)NC(=O)c2ccc3c(c2)N(C[C@@H]2CC[C@H]2[C@@H](OC)/C=C/C[C@@H](C)[C@@H]1C1CC1)C[C@@]1(CCCc2cc(Cl)ccc21)CO3. The first-order valence-corrected chi connectivity index (χ1v) is 18.5. The molecule has 1 spiro atoms. The van der Waals surface area contributed by atoms with E-state index in [9.17, 15) is 9.00 Å². The molecule has 2 heterocycles. The number of halogens is 1. The summed E-state index contributed by atoms with van der Waals surface area (Å²) in [4.78, 5) is 16.2. The molecule has 2 aromatic carbocycles. The van der Waals surface area contributed by atoms with E-state index in [4.69, 9.17) is 21.1 Å². The lowest BCUT2D eigenvalue weighted by atomic mass is 9.68. The minimum Gasteiger partial charge on any atom is -0.490 e. The molecule has 2 aromatic rings. The Kier molecular flexibility index (Phi) is 8.03. The molecule has 3 aliphatic carbocycles. The fraction of sp³-hybridized carbons (Fsp3) is 0.556. The third-order valence-electron chi connectivity index (χ3n) is 11.1. The van der Waals surface area contributed by atoms with Crippen molar-refractivity contribution in [3.8, 4) is 5.75 Å². The Morgan fingerprint density at radius 1 is 1.14 bits per heavy atom. The van der Waals surface area contributed by atoms with Crippen molar-refractivity contribution in [2.45, 2.75) is 75.1 Å². The van der Waals surface area contributed by atoms with Crippen molar-refractivity contribution in [2.75, 3.05) is 31.7 Å². The fourth-order valence-corrected chi connectivity index (χ4v) is 11.1. The Labute approximate surface area is 267 Å². The Morgan fingerprint density at radius 3 is 2.70 bits per heavy atom. The highest BCUT2D eigenvalue weighted by molar-refractivity contribution is 7.99. The van der Waals surface area contributed by atoms with E-state index in [1.54, 1.807) is 0 Å². The summed E-state index contributed by atoms with van der Waals surface area (Å²) in [5.41, 5.74) is 3.87. The van der Waals surface area contributed by atoms with Crippen molar-refractivity contribution in [1.29, 1.82) is 0 Å². The minimum atomic E-state index is -2.88. The van der Waals surface area contributed by atoms with E-state index in [0.717, 1.165) is 80.9 Å². The number of ether oxygens (including phenoxy) is 2. The van der Waals surface area contributed by atoms with Crippen LogP contribution in [0, 0.1) is 23.7 Å². The van der Waals surface area contributed by atoms with Crippen molar-refractivity contribution in [3.05, 3.63) is 70.3 Å². The number of hydrogen-bond donors (Lipinski definition) is 1. The van der Waals surface area contributed by atoms with Crippen LogP contribution in [0.3, 0.4) is 0 Å². The molecule has 8 heteroatoms. The van der Waals surface area contributed by atoms with Gasteiger partial charge < -0.3 is 14.4 Å². The number of fused-ring (bicyclic) bond motifs is 4. The van der Waals surface area contributed by atoms with Gasteiger partial charge in [0.1, 0.15) is 5.75 Å². The summed E-state index contributed by atoms with van der Waals surface area (Å²) < 4.78 is 29.8. The second kappa shape index (κ2) is 11.7. The van der Waals surface area contributed by atoms with Crippen molar-refractivity contribution in [1.82, 2.24) is 4.72 Å². The molecular formula is C36H45ClN2O4S. The van der Waals surface area contributed by atoms with Crippen LogP contribution < -0.4 is 14.4 Å². The van der Waals surface area contributed by atoms with Crippen LogP contribution in [-0.4, -0.2) is 54.1 Å². The van der Waals surface area contributed by atoms with Gasteiger partial charge in [0.05, 0.1) is 33.4 Å². The largest absolute Gasteiger partial charge is 0.490 e. The highest BCUT2D eigenvalue weighted by Gasteiger charge is 2.45. The predicted octanol–water partition coefficient (Wildman–Crippen LogP) is 6.59. The highest BCUT2D eigenvalue weighted by Crippen LogP contribution is 2.47. The molecule has 236 valence electrons. The number of carbonyl (C=O) groups excluding carboxylic acids is 1. The lowest BCUT2D eigenvalue weighted by Gasteiger charge is -2.46. The van der Waals surface area contributed by atoms with E-state index >= 15 is 0 Å². The van der Waals surface area contributed by atoms with Gasteiger partial charge in [0.15, 0.2) is 0 Å². The van der Waals surface area contributed by atoms with Gasteiger partial charge in [-0.15, -0.1) is 0 Å².